The molecular formula is C17H28BrNO. The predicted molar refractivity (Wildman–Crippen MR) is 85.8 cm³/mol. The van der Waals surface area contributed by atoms with Crippen LogP contribution in [-0.4, -0.2) is 29.2 Å². The van der Waals surface area contributed by atoms with E-state index in [-0.39, 0.29) is 10.7 Å². The van der Waals surface area contributed by atoms with Crippen molar-refractivity contribution in [1.29, 1.82) is 0 Å². The Hall–Kier alpha value is -0.0500. The van der Waals surface area contributed by atoms with Crippen molar-refractivity contribution < 1.29 is 4.79 Å². The second kappa shape index (κ2) is 5.30. The third kappa shape index (κ3) is 2.67. The van der Waals surface area contributed by atoms with E-state index in [1.54, 1.807) is 0 Å². The molecule has 2 nitrogen and oxygen atoms in total. The van der Waals surface area contributed by atoms with Crippen LogP contribution in [0.3, 0.4) is 0 Å². The van der Waals surface area contributed by atoms with Gasteiger partial charge in [-0.2, -0.15) is 0 Å². The Kier molecular flexibility index (Phi) is 3.94. The van der Waals surface area contributed by atoms with Crippen LogP contribution >= 0.6 is 15.9 Å². The van der Waals surface area contributed by atoms with Crippen molar-refractivity contribution in [2.75, 3.05) is 13.6 Å². The van der Waals surface area contributed by atoms with Crippen molar-refractivity contribution in [3.8, 4) is 0 Å². The van der Waals surface area contributed by atoms with E-state index in [1.165, 1.54) is 38.5 Å². The van der Waals surface area contributed by atoms with Gasteiger partial charge in [0.15, 0.2) is 0 Å². The molecule has 4 fully saturated rings. The fourth-order valence-corrected chi connectivity index (χ4v) is 5.91. The van der Waals surface area contributed by atoms with Gasteiger partial charge in [0.2, 0.25) is 5.91 Å². The summed E-state index contributed by atoms with van der Waals surface area (Å²) in [5, 5.41) is 0. The Morgan fingerprint density at radius 3 is 2.00 bits per heavy atom. The van der Waals surface area contributed by atoms with Crippen LogP contribution in [0.5, 0.6) is 0 Å². The van der Waals surface area contributed by atoms with E-state index >= 15 is 0 Å². The fraction of sp³-hybridized carbons (Fsp3) is 0.941. The van der Waals surface area contributed by atoms with Crippen molar-refractivity contribution in [2.24, 2.45) is 29.1 Å². The summed E-state index contributed by atoms with van der Waals surface area (Å²) in [4.78, 5) is 14.5. The van der Waals surface area contributed by atoms with Gasteiger partial charge in [-0.1, -0.05) is 29.8 Å². The Morgan fingerprint density at radius 1 is 1.15 bits per heavy atom. The Balaban J connectivity index is 1.67. The summed E-state index contributed by atoms with van der Waals surface area (Å²) >= 11 is 3.57. The van der Waals surface area contributed by atoms with Crippen LogP contribution in [0.2, 0.25) is 0 Å². The molecule has 0 heterocycles. The van der Waals surface area contributed by atoms with Crippen LogP contribution in [-0.2, 0) is 4.79 Å². The van der Waals surface area contributed by atoms with Crippen molar-refractivity contribution in [1.82, 2.24) is 4.90 Å². The maximum Gasteiger partial charge on any atom is 0.236 e. The van der Waals surface area contributed by atoms with Crippen LogP contribution in [0, 0.1) is 29.1 Å². The highest BCUT2D eigenvalue weighted by atomic mass is 79.9. The summed E-state index contributed by atoms with van der Waals surface area (Å²) in [5.74, 6) is 3.54. The summed E-state index contributed by atoms with van der Waals surface area (Å²) < 4.78 is 0. The number of amides is 1. The van der Waals surface area contributed by atoms with Crippen LogP contribution in [0.25, 0.3) is 0 Å². The van der Waals surface area contributed by atoms with Gasteiger partial charge in [-0.3, -0.25) is 4.79 Å². The predicted octanol–water partition coefficient (Wildman–Crippen LogP) is 4.08. The lowest BCUT2D eigenvalue weighted by Crippen LogP contribution is -2.52. The van der Waals surface area contributed by atoms with E-state index in [1.807, 2.05) is 11.9 Å². The molecule has 0 spiro atoms. The first-order valence-corrected chi connectivity index (χ1v) is 9.19. The van der Waals surface area contributed by atoms with Gasteiger partial charge < -0.3 is 4.90 Å². The Morgan fingerprint density at radius 2 is 1.60 bits per heavy atom. The zero-order chi connectivity index (χ0) is 14.5. The zero-order valence-electron chi connectivity index (χ0n) is 13.1. The average Bonchev–Trinajstić information content (AvgIpc) is 2.34. The first-order chi connectivity index (χ1) is 9.38. The fourth-order valence-electron chi connectivity index (χ4n) is 5.56. The normalized spacial score (nSPS) is 40.1. The second-order valence-corrected chi connectivity index (χ2v) is 9.24. The molecule has 4 bridgehead atoms. The molecule has 4 aliphatic rings. The maximum atomic E-state index is 12.5. The van der Waals surface area contributed by atoms with E-state index in [9.17, 15) is 4.79 Å². The molecule has 3 heteroatoms. The van der Waals surface area contributed by atoms with Crippen molar-refractivity contribution in [3.63, 3.8) is 0 Å². The smallest absolute Gasteiger partial charge is 0.236 e. The minimum atomic E-state index is -0.0265. The van der Waals surface area contributed by atoms with Crippen molar-refractivity contribution in [2.45, 2.75) is 57.2 Å². The molecule has 0 aliphatic heterocycles. The molecular weight excluding hydrogens is 314 g/mol. The van der Waals surface area contributed by atoms with Crippen molar-refractivity contribution in [3.05, 3.63) is 0 Å². The molecule has 0 N–H and O–H groups in total. The number of hydrogen-bond donors (Lipinski definition) is 0. The zero-order valence-corrected chi connectivity index (χ0v) is 14.7. The van der Waals surface area contributed by atoms with Gasteiger partial charge in [-0.05, 0) is 67.6 Å². The molecule has 0 aromatic carbocycles. The monoisotopic (exact) mass is 341 g/mol. The number of alkyl halides is 1. The van der Waals surface area contributed by atoms with Gasteiger partial charge in [0.1, 0.15) is 0 Å². The molecule has 4 rings (SSSR count). The minimum Gasteiger partial charge on any atom is -0.344 e. The lowest BCUT2D eigenvalue weighted by molar-refractivity contribution is -0.135. The minimum absolute atomic E-state index is 0.0265. The quantitative estimate of drug-likeness (QED) is 0.705. The van der Waals surface area contributed by atoms with Gasteiger partial charge in [0.05, 0.1) is 4.83 Å². The van der Waals surface area contributed by atoms with Gasteiger partial charge >= 0.3 is 0 Å². The summed E-state index contributed by atoms with van der Waals surface area (Å²) in [6, 6.07) is 0. The topological polar surface area (TPSA) is 20.3 Å². The largest absolute Gasteiger partial charge is 0.344 e. The number of halogens is 1. The van der Waals surface area contributed by atoms with E-state index in [2.05, 4.69) is 29.8 Å². The third-order valence-corrected chi connectivity index (χ3v) is 7.38. The molecule has 0 radical (unpaired) electrons. The van der Waals surface area contributed by atoms with Gasteiger partial charge in [0, 0.05) is 13.6 Å². The highest BCUT2D eigenvalue weighted by molar-refractivity contribution is 9.10. The van der Waals surface area contributed by atoms with E-state index in [0.717, 1.165) is 24.3 Å². The number of carbonyl (C=O) groups is 1. The molecule has 1 unspecified atom stereocenters. The highest BCUT2D eigenvalue weighted by Gasteiger charge is 2.51. The molecule has 4 aliphatic carbocycles. The number of nitrogens with zero attached hydrogens (tertiary/aromatic N) is 1. The molecule has 20 heavy (non-hydrogen) atoms. The van der Waals surface area contributed by atoms with E-state index in [4.69, 9.17) is 0 Å². The molecule has 1 amide bonds. The molecule has 1 atom stereocenters. The van der Waals surface area contributed by atoms with Crippen LogP contribution in [0.4, 0.5) is 0 Å². The van der Waals surface area contributed by atoms with Crippen molar-refractivity contribution >= 4 is 21.8 Å². The average molecular weight is 342 g/mol. The molecule has 0 saturated heterocycles. The van der Waals surface area contributed by atoms with E-state index < -0.39 is 0 Å². The number of carbonyl (C=O) groups excluding carboxylic acids is 1. The highest BCUT2D eigenvalue weighted by Crippen LogP contribution is 2.60. The summed E-state index contributed by atoms with van der Waals surface area (Å²) in [7, 11) is 2.01. The number of rotatable bonds is 4. The number of hydrogen-bond acceptors (Lipinski definition) is 1. The second-order valence-electron chi connectivity index (χ2n) is 8.26. The summed E-state index contributed by atoms with van der Waals surface area (Å²) in [6.07, 6.45) is 8.57. The third-order valence-electron chi connectivity index (χ3n) is 5.94. The summed E-state index contributed by atoms with van der Waals surface area (Å²) in [5.41, 5.74) is 0.461. The van der Waals surface area contributed by atoms with E-state index in [0.29, 0.717) is 11.3 Å². The standard InChI is InChI=1S/C17H28BrNO/c1-11(2)15(18)16(20)19(3)10-17-7-12-4-13(8-17)6-14(5-12)9-17/h11-15H,4-10H2,1-3H3. The Bertz CT molecular complexity index is 357. The van der Waals surface area contributed by atoms with Gasteiger partial charge in [-0.15, -0.1) is 0 Å². The lowest BCUT2D eigenvalue weighted by atomic mass is 9.49. The molecule has 4 saturated carbocycles. The van der Waals surface area contributed by atoms with Crippen LogP contribution in [0.15, 0.2) is 0 Å². The first-order valence-electron chi connectivity index (χ1n) is 8.27. The van der Waals surface area contributed by atoms with Crippen LogP contribution in [0.1, 0.15) is 52.4 Å². The van der Waals surface area contributed by atoms with Gasteiger partial charge in [-0.25, -0.2) is 0 Å². The van der Waals surface area contributed by atoms with Gasteiger partial charge in [0.25, 0.3) is 0 Å². The molecule has 0 aromatic heterocycles. The SMILES string of the molecule is CC(C)C(Br)C(=O)N(C)CC12CC3CC(CC(C3)C1)C2. The molecule has 0 aromatic rings. The van der Waals surface area contributed by atoms with Crippen LogP contribution < -0.4 is 0 Å². The summed E-state index contributed by atoms with van der Waals surface area (Å²) in [6.45, 7) is 5.20. The maximum absolute atomic E-state index is 12.5. The Labute approximate surface area is 131 Å². The first kappa shape index (κ1) is 14.9. The lowest BCUT2D eigenvalue weighted by Gasteiger charge is -2.57. The molecule has 114 valence electrons.